The van der Waals surface area contributed by atoms with Gasteiger partial charge in [-0.15, -0.1) is 0 Å². The summed E-state index contributed by atoms with van der Waals surface area (Å²) in [4.78, 5) is 25.7. The highest BCUT2D eigenvalue weighted by Crippen LogP contribution is 2.21. The first-order valence-corrected chi connectivity index (χ1v) is 9.69. The van der Waals surface area contributed by atoms with E-state index in [1.165, 1.54) is 0 Å². The SMILES string of the molecule is CCc1c(C(=O)N2CCN(c3ncccn3)CC2)cnn1-c1cccc(Cl)c1. The molecule has 0 radical (unpaired) electrons. The molecule has 3 aromatic rings. The fraction of sp³-hybridized carbons (Fsp3) is 0.300. The lowest BCUT2D eigenvalue weighted by atomic mass is 10.1. The van der Waals surface area contributed by atoms with Gasteiger partial charge in [-0.3, -0.25) is 4.79 Å². The second-order valence-corrected chi connectivity index (χ2v) is 7.01. The topological polar surface area (TPSA) is 67.2 Å². The number of rotatable bonds is 4. The Morgan fingerprint density at radius 2 is 1.86 bits per heavy atom. The van der Waals surface area contributed by atoms with E-state index in [0.29, 0.717) is 49.1 Å². The van der Waals surface area contributed by atoms with E-state index < -0.39 is 0 Å². The zero-order valence-electron chi connectivity index (χ0n) is 15.6. The van der Waals surface area contributed by atoms with E-state index >= 15 is 0 Å². The highest BCUT2D eigenvalue weighted by molar-refractivity contribution is 6.30. The van der Waals surface area contributed by atoms with Crippen molar-refractivity contribution in [2.45, 2.75) is 13.3 Å². The minimum atomic E-state index is 0.0127. The van der Waals surface area contributed by atoms with Crippen LogP contribution in [0.25, 0.3) is 5.69 Å². The van der Waals surface area contributed by atoms with E-state index in [0.717, 1.165) is 11.4 Å². The fourth-order valence-corrected chi connectivity index (χ4v) is 3.64. The second kappa shape index (κ2) is 7.98. The summed E-state index contributed by atoms with van der Waals surface area (Å²) in [5, 5.41) is 5.10. The Hall–Kier alpha value is -2.93. The molecule has 0 unspecified atom stereocenters. The van der Waals surface area contributed by atoms with Crippen molar-refractivity contribution in [2.24, 2.45) is 0 Å². The van der Waals surface area contributed by atoms with Crippen molar-refractivity contribution < 1.29 is 4.79 Å². The van der Waals surface area contributed by atoms with E-state index in [-0.39, 0.29) is 5.91 Å². The average Bonchev–Trinajstić information content (AvgIpc) is 3.18. The van der Waals surface area contributed by atoms with Crippen LogP contribution in [0.4, 0.5) is 5.95 Å². The van der Waals surface area contributed by atoms with Gasteiger partial charge in [0.2, 0.25) is 5.95 Å². The molecule has 1 saturated heterocycles. The van der Waals surface area contributed by atoms with Gasteiger partial charge < -0.3 is 9.80 Å². The summed E-state index contributed by atoms with van der Waals surface area (Å²) in [5.41, 5.74) is 2.39. The zero-order chi connectivity index (χ0) is 19.5. The lowest BCUT2D eigenvalue weighted by molar-refractivity contribution is 0.0745. The van der Waals surface area contributed by atoms with Gasteiger partial charge in [0.15, 0.2) is 0 Å². The third-order valence-electron chi connectivity index (χ3n) is 4.89. The van der Waals surface area contributed by atoms with Gasteiger partial charge in [-0.05, 0) is 30.7 Å². The molecule has 144 valence electrons. The summed E-state index contributed by atoms with van der Waals surface area (Å²) >= 11 is 6.11. The molecule has 8 heteroatoms. The molecule has 0 saturated carbocycles. The number of piperazine rings is 1. The number of carbonyl (C=O) groups is 1. The molecule has 0 atom stereocenters. The Labute approximate surface area is 168 Å². The molecule has 3 heterocycles. The van der Waals surface area contributed by atoms with Crippen LogP contribution in [0.3, 0.4) is 0 Å². The molecule has 2 aromatic heterocycles. The molecule has 1 aromatic carbocycles. The predicted octanol–water partition coefficient (Wildman–Crippen LogP) is 2.84. The Bertz CT molecular complexity index is 966. The molecule has 0 N–H and O–H groups in total. The number of aromatic nitrogens is 4. The number of hydrogen-bond donors (Lipinski definition) is 0. The van der Waals surface area contributed by atoms with E-state index in [9.17, 15) is 4.79 Å². The first-order valence-electron chi connectivity index (χ1n) is 9.31. The van der Waals surface area contributed by atoms with Gasteiger partial charge in [0, 0.05) is 43.6 Å². The number of halogens is 1. The van der Waals surface area contributed by atoms with Crippen molar-refractivity contribution in [2.75, 3.05) is 31.1 Å². The first kappa shape index (κ1) is 18.4. The average molecular weight is 397 g/mol. The minimum Gasteiger partial charge on any atom is -0.337 e. The maximum atomic E-state index is 13.1. The highest BCUT2D eigenvalue weighted by Gasteiger charge is 2.26. The van der Waals surface area contributed by atoms with Crippen LogP contribution in [-0.2, 0) is 6.42 Å². The predicted molar refractivity (Wildman–Crippen MR) is 108 cm³/mol. The molecule has 1 aliphatic rings. The Morgan fingerprint density at radius 1 is 1.11 bits per heavy atom. The molecular formula is C20H21ClN6O. The van der Waals surface area contributed by atoms with Crippen molar-refractivity contribution in [1.82, 2.24) is 24.6 Å². The van der Waals surface area contributed by atoms with Crippen LogP contribution in [0.1, 0.15) is 23.0 Å². The number of anilines is 1. The summed E-state index contributed by atoms with van der Waals surface area (Å²) in [7, 11) is 0. The van der Waals surface area contributed by atoms with Crippen LogP contribution >= 0.6 is 11.6 Å². The van der Waals surface area contributed by atoms with E-state index in [1.807, 2.05) is 36.1 Å². The molecule has 0 bridgehead atoms. The molecule has 28 heavy (non-hydrogen) atoms. The Balaban J connectivity index is 1.51. The van der Waals surface area contributed by atoms with Gasteiger partial charge in [0.05, 0.1) is 23.1 Å². The van der Waals surface area contributed by atoms with Gasteiger partial charge in [0.25, 0.3) is 5.91 Å². The van der Waals surface area contributed by atoms with Gasteiger partial charge in [0.1, 0.15) is 0 Å². The first-order chi connectivity index (χ1) is 13.7. The Kier molecular flexibility index (Phi) is 5.25. The third-order valence-corrected chi connectivity index (χ3v) is 5.12. The van der Waals surface area contributed by atoms with E-state index in [2.05, 4.69) is 20.0 Å². The van der Waals surface area contributed by atoms with Crippen LogP contribution in [0.15, 0.2) is 48.9 Å². The molecule has 0 aliphatic carbocycles. The standard InChI is InChI=1S/C20H21ClN6O/c1-2-18-17(14-24-27(18)16-6-3-5-15(21)13-16)19(28)25-9-11-26(12-10-25)20-22-7-4-8-23-20/h3-8,13-14H,2,9-12H2,1H3. The van der Waals surface area contributed by atoms with E-state index in [4.69, 9.17) is 11.6 Å². The minimum absolute atomic E-state index is 0.0127. The summed E-state index contributed by atoms with van der Waals surface area (Å²) in [5.74, 6) is 0.719. The van der Waals surface area contributed by atoms with Gasteiger partial charge >= 0.3 is 0 Å². The normalized spacial score (nSPS) is 14.4. The molecule has 4 rings (SSSR count). The second-order valence-electron chi connectivity index (χ2n) is 6.58. The molecule has 0 spiro atoms. The number of hydrogen-bond acceptors (Lipinski definition) is 5. The largest absolute Gasteiger partial charge is 0.337 e. The lowest BCUT2D eigenvalue weighted by Gasteiger charge is -2.34. The maximum Gasteiger partial charge on any atom is 0.257 e. The summed E-state index contributed by atoms with van der Waals surface area (Å²) in [6, 6.07) is 9.28. The van der Waals surface area contributed by atoms with Gasteiger partial charge in [-0.1, -0.05) is 24.6 Å². The fourth-order valence-electron chi connectivity index (χ4n) is 3.46. The molecule has 1 fully saturated rings. The van der Waals surface area contributed by atoms with Crippen molar-refractivity contribution in [1.29, 1.82) is 0 Å². The number of nitrogens with zero attached hydrogens (tertiary/aromatic N) is 6. The van der Waals surface area contributed by atoms with Crippen molar-refractivity contribution in [3.8, 4) is 5.69 Å². The van der Waals surface area contributed by atoms with Gasteiger partial charge in [-0.25, -0.2) is 14.6 Å². The van der Waals surface area contributed by atoms with Crippen LogP contribution in [-0.4, -0.2) is 56.7 Å². The maximum absolute atomic E-state index is 13.1. The molecule has 7 nitrogen and oxygen atoms in total. The third kappa shape index (κ3) is 3.57. The summed E-state index contributed by atoms with van der Waals surface area (Å²) in [6.07, 6.45) is 5.83. The van der Waals surface area contributed by atoms with Crippen LogP contribution < -0.4 is 4.90 Å². The molecule has 1 aliphatic heterocycles. The molecular weight excluding hydrogens is 376 g/mol. The van der Waals surface area contributed by atoms with Crippen LogP contribution in [0.5, 0.6) is 0 Å². The van der Waals surface area contributed by atoms with Crippen LogP contribution in [0, 0.1) is 0 Å². The quantitative estimate of drug-likeness (QED) is 0.678. The van der Waals surface area contributed by atoms with Crippen molar-refractivity contribution >= 4 is 23.5 Å². The van der Waals surface area contributed by atoms with Crippen molar-refractivity contribution in [3.05, 3.63) is 65.2 Å². The zero-order valence-corrected chi connectivity index (χ0v) is 16.4. The smallest absolute Gasteiger partial charge is 0.257 e. The van der Waals surface area contributed by atoms with E-state index in [1.54, 1.807) is 29.3 Å². The van der Waals surface area contributed by atoms with Gasteiger partial charge in [-0.2, -0.15) is 5.10 Å². The highest BCUT2D eigenvalue weighted by atomic mass is 35.5. The number of benzene rings is 1. The number of carbonyl (C=O) groups excluding carboxylic acids is 1. The monoisotopic (exact) mass is 396 g/mol. The summed E-state index contributed by atoms with van der Waals surface area (Å²) < 4.78 is 1.80. The Morgan fingerprint density at radius 3 is 2.54 bits per heavy atom. The number of amides is 1. The van der Waals surface area contributed by atoms with Crippen LogP contribution in [0.2, 0.25) is 5.02 Å². The lowest BCUT2D eigenvalue weighted by Crippen LogP contribution is -2.49. The summed E-state index contributed by atoms with van der Waals surface area (Å²) in [6.45, 7) is 4.70. The molecule has 1 amide bonds. The van der Waals surface area contributed by atoms with Crippen molar-refractivity contribution in [3.63, 3.8) is 0 Å².